The molecular formula is C22H31F6N5O5. The molecule has 0 saturated carbocycles. The number of carbonyl (C=O) groups is 2. The van der Waals surface area contributed by atoms with Crippen LogP contribution in [0, 0.1) is 13.8 Å². The zero-order chi connectivity index (χ0) is 29.6. The summed E-state index contributed by atoms with van der Waals surface area (Å²) in [6, 6.07) is 0.832. The Morgan fingerprint density at radius 3 is 2.00 bits per heavy atom. The summed E-state index contributed by atoms with van der Waals surface area (Å²) in [4.78, 5) is 27.3. The maximum Gasteiger partial charge on any atom is 0.490 e. The Bertz CT molecular complexity index is 1040. The first-order valence-electron chi connectivity index (χ1n) is 11.3. The van der Waals surface area contributed by atoms with Crippen molar-refractivity contribution in [1.29, 1.82) is 0 Å². The molecule has 2 N–H and O–H groups in total. The topological polar surface area (TPSA) is 125 Å². The van der Waals surface area contributed by atoms with Gasteiger partial charge in [0.1, 0.15) is 11.6 Å². The van der Waals surface area contributed by atoms with Gasteiger partial charge in [-0.05, 0) is 41.7 Å². The first-order valence-corrected chi connectivity index (χ1v) is 11.3. The third-order valence-electron chi connectivity index (χ3n) is 5.82. The van der Waals surface area contributed by atoms with Gasteiger partial charge in [0.05, 0.1) is 17.4 Å². The van der Waals surface area contributed by atoms with Gasteiger partial charge in [-0.25, -0.2) is 14.6 Å². The summed E-state index contributed by atoms with van der Waals surface area (Å²) in [5, 5.41) is 18.3. The van der Waals surface area contributed by atoms with Gasteiger partial charge in [0.25, 0.3) is 0 Å². The lowest BCUT2D eigenvalue weighted by Gasteiger charge is -2.34. The minimum Gasteiger partial charge on any atom is -0.475 e. The van der Waals surface area contributed by atoms with Gasteiger partial charge < -0.3 is 19.3 Å². The van der Waals surface area contributed by atoms with Crippen LogP contribution < -0.4 is 0 Å². The van der Waals surface area contributed by atoms with Crippen molar-refractivity contribution in [3.63, 3.8) is 0 Å². The molecule has 0 radical (unpaired) electrons. The number of fused-ring (bicyclic) bond motifs is 1. The van der Waals surface area contributed by atoms with Crippen molar-refractivity contribution in [2.75, 3.05) is 13.6 Å². The maximum atomic E-state index is 10.6. The Balaban J connectivity index is 0.000000426. The number of halogens is 6. The van der Waals surface area contributed by atoms with E-state index in [1.807, 2.05) is 20.0 Å². The molecule has 0 spiro atoms. The average Bonchev–Trinajstić information content (AvgIpc) is 3.33. The number of imidazole rings is 1. The van der Waals surface area contributed by atoms with Crippen LogP contribution in [0.3, 0.4) is 0 Å². The van der Waals surface area contributed by atoms with Crippen LogP contribution in [-0.2, 0) is 29.2 Å². The van der Waals surface area contributed by atoms with Crippen LogP contribution in [0.25, 0.3) is 0 Å². The molecule has 0 amide bonds. The lowest BCUT2D eigenvalue weighted by molar-refractivity contribution is -0.193. The van der Waals surface area contributed by atoms with E-state index in [4.69, 9.17) is 29.3 Å². The molecule has 216 valence electrons. The number of aryl methyl sites for hydroxylation is 2. The number of nitrogens with zero attached hydrogens (tertiary/aromatic N) is 5. The first kappa shape index (κ1) is 32.9. The quantitative estimate of drug-likeness (QED) is 0.520. The molecule has 2 aromatic rings. The summed E-state index contributed by atoms with van der Waals surface area (Å²) in [7, 11) is 2.17. The second-order valence-corrected chi connectivity index (χ2v) is 8.82. The SMILES string of the molecule is Cc1noc(C)c1CN1CCn2c(CN(C)C(C)C)cnc2C1C.O=C(O)C(F)(F)F.O=C(O)C(F)(F)F. The highest BCUT2D eigenvalue weighted by atomic mass is 19.4. The van der Waals surface area contributed by atoms with E-state index in [1.165, 1.54) is 17.1 Å². The van der Waals surface area contributed by atoms with Crippen LogP contribution >= 0.6 is 0 Å². The molecular weight excluding hydrogens is 528 g/mol. The fourth-order valence-corrected chi connectivity index (χ4v) is 3.32. The lowest BCUT2D eigenvalue weighted by Crippen LogP contribution is -2.38. The van der Waals surface area contributed by atoms with E-state index in [0.717, 1.165) is 37.6 Å². The number of rotatable bonds is 5. The summed E-state index contributed by atoms with van der Waals surface area (Å²) in [5.74, 6) is -3.42. The first-order chi connectivity index (χ1) is 17.3. The Hall–Kier alpha value is -3.14. The van der Waals surface area contributed by atoms with Crippen molar-refractivity contribution in [3.05, 3.63) is 34.7 Å². The van der Waals surface area contributed by atoms with Crippen molar-refractivity contribution in [3.8, 4) is 0 Å². The smallest absolute Gasteiger partial charge is 0.475 e. The highest BCUT2D eigenvalue weighted by Crippen LogP contribution is 2.28. The van der Waals surface area contributed by atoms with E-state index in [2.05, 4.69) is 47.3 Å². The minimum absolute atomic E-state index is 0.297. The third-order valence-corrected chi connectivity index (χ3v) is 5.82. The molecule has 0 bridgehead atoms. The zero-order valence-electron chi connectivity index (χ0n) is 21.7. The standard InChI is InChI=1S/C18H29N5O.2C2HF3O2/c1-12(2)21(6)10-16-9-19-18-14(4)22(7-8-23(16)18)11-17-13(3)20-24-15(17)5;2*3-2(4,5)1(6)7/h9,12,14H,7-8,10-11H2,1-6H3;2*(H,6,7). The molecule has 3 heterocycles. The van der Waals surface area contributed by atoms with E-state index in [1.54, 1.807) is 0 Å². The van der Waals surface area contributed by atoms with Crippen LogP contribution in [0.15, 0.2) is 10.7 Å². The van der Waals surface area contributed by atoms with Gasteiger partial charge in [0.15, 0.2) is 0 Å². The Morgan fingerprint density at radius 2 is 1.61 bits per heavy atom. The van der Waals surface area contributed by atoms with Gasteiger partial charge in [0, 0.05) is 44.0 Å². The monoisotopic (exact) mass is 559 g/mol. The van der Waals surface area contributed by atoms with E-state index in [0.29, 0.717) is 12.1 Å². The second kappa shape index (κ2) is 13.1. The predicted molar refractivity (Wildman–Crippen MR) is 121 cm³/mol. The van der Waals surface area contributed by atoms with Gasteiger partial charge >= 0.3 is 24.3 Å². The summed E-state index contributed by atoms with van der Waals surface area (Å²) in [6.45, 7) is 14.5. The fraction of sp³-hybridized carbons (Fsp3) is 0.636. The normalized spacial score (nSPS) is 15.9. The summed E-state index contributed by atoms with van der Waals surface area (Å²) in [6.07, 6.45) is -8.12. The van der Waals surface area contributed by atoms with Gasteiger partial charge in [-0.1, -0.05) is 5.16 Å². The highest BCUT2D eigenvalue weighted by molar-refractivity contribution is 5.73. The second-order valence-electron chi connectivity index (χ2n) is 8.82. The molecule has 2 aromatic heterocycles. The molecule has 1 aliphatic rings. The van der Waals surface area contributed by atoms with Crippen LogP contribution in [0.5, 0.6) is 0 Å². The van der Waals surface area contributed by atoms with E-state index in [-0.39, 0.29) is 0 Å². The van der Waals surface area contributed by atoms with Crippen LogP contribution in [-0.4, -0.2) is 78.6 Å². The fourth-order valence-electron chi connectivity index (χ4n) is 3.32. The highest BCUT2D eigenvalue weighted by Gasteiger charge is 2.39. The molecule has 0 aromatic carbocycles. The summed E-state index contributed by atoms with van der Waals surface area (Å²) >= 11 is 0. The number of hydrogen-bond donors (Lipinski definition) is 2. The molecule has 0 fully saturated rings. The van der Waals surface area contributed by atoms with E-state index < -0.39 is 24.3 Å². The number of carboxylic acids is 2. The molecule has 10 nitrogen and oxygen atoms in total. The molecule has 0 saturated heterocycles. The molecule has 1 atom stereocenters. The Labute approximate surface area is 214 Å². The predicted octanol–water partition coefficient (Wildman–Crippen LogP) is 4.17. The largest absolute Gasteiger partial charge is 0.490 e. The molecule has 1 aliphatic heterocycles. The van der Waals surface area contributed by atoms with Crippen molar-refractivity contribution in [2.24, 2.45) is 0 Å². The molecule has 3 rings (SSSR count). The van der Waals surface area contributed by atoms with Crippen molar-refractivity contribution in [1.82, 2.24) is 24.5 Å². The minimum atomic E-state index is -5.08. The van der Waals surface area contributed by atoms with E-state index in [9.17, 15) is 26.3 Å². The molecule has 38 heavy (non-hydrogen) atoms. The number of alkyl halides is 6. The van der Waals surface area contributed by atoms with Crippen LogP contribution in [0.4, 0.5) is 26.3 Å². The third kappa shape index (κ3) is 9.31. The van der Waals surface area contributed by atoms with Gasteiger partial charge in [-0.2, -0.15) is 26.3 Å². The van der Waals surface area contributed by atoms with Crippen molar-refractivity contribution in [2.45, 2.75) is 78.7 Å². The summed E-state index contributed by atoms with van der Waals surface area (Å²) in [5.41, 5.74) is 3.51. The van der Waals surface area contributed by atoms with E-state index >= 15 is 0 Å². The van der Waals surface area contributed by atoms with Crippen LogP contribution in [0.2, 0.25) is 0 Å². The molecule has 16 heteroatoms. The average molecular weight is 560 g/mol. The number of aliphatic carboxylic acids is 2. The molecule has 1 unspecified atom stereocenters. The van der Waals surface area contributed by atoms with Gasteiger partial charge in [-0.3, -0.25) is 9.80 Å². The lowest BCUT2D eigenvalue weighted by atomic mass is 10.1. The van der Waals surface area contributed by atoms with Crippen molar-refractivity contribution < 1.29 is 50.7 Å². The van der Waals surface area contributed by atoms with Crippen molar-refractivity contribution >= 4 is 11.9 Å². The summed E-state index contributed by atoms with van der Waals surface area (Å²) < 4.78 is 71.2. The molecule has 0 aliphatic carbocycles. The number of carboxylic acid groups (broad SMARTS) is 2. The Kier molecular flexibility index (Phi) is 11.3. The number of aromatic nitrogens is 3. The van der Waals surface area contributed by atoms with Crippen LogP contribution in [0.1, 0.15) is 55.3 Å². The maximum absolute atomic E-state index is 10.6. The van der Waals surface area contributed by atoms with Gasteiger partial charge in [-0.15, -0.1) is 0 Å². The van der Waals surface area contributed by atoms with Gasteiger partial charge in [0.2, 0.25) is 0 Å². The number of hydrogen-bond acceptors (Lipinski definition) is 7. The Morgan fingerprint density at radius 1 is 1.11 bits per heavy atom. The zero-order valence-corrected chi connectivity index (χ0v) is 21.7.